The molecule has 0 aromatic heterocycles. The minimum absolute atomic E-state index is 0.155. The van der Waals surface area contributed by atoms with Crippen LogP contribution in [-0.2, 0) is 0 Å². The quantitative estimate of drug-likeness (QED) is 0.364. The molecule has 3 aromatic carbocycles. The van der Waals surface area contributed by atoms with Gasteiger partial charge in [-0.15, -0.1) is 0 Å². The van der Waals surface area contributed by atoms with Crippen LogP contribution in [0.25, 0.3) is 0 Å². The van der Waals surface area contributed by atoms with Crippen molar-refractivity contribution < 1.29 is 4.79 Å². The lowest BCUT2D eigenvalue weighted by Crippen LogP contribution is -2.51. The van der Waals surface area contributed by atoms with Crippen LogP contribution in [0.5, 0.6) is 0 Å². The van der Waals surface area contributed by atoms with Crippen LogP contribution in [0, 0.1) is 11.8 Å². The maximum atomic E-state index is 14.1. The first-order valence-corrected chi connectivity index (χ1v) is 13.7. The van der Waals surface area contributed by atoms with Crippen molar-refractivity contribution in [2.24, 2.45) is 28.3 Å². The Bertz CT molecular complexity index is 1240. The summed E-state index contributed by atoms with van der Waals surface area (Å²) in [5.74, 6) is 1.91. The van der Waals surface area contributed by atoms with E-state index >= 15 is 0 Å². The summed E-state index contributed by atoms with van der Waals surface area (Å²) in [6, 6.07) is 27.8. The van der Waals surface area contributed by atoms with Gasteiger partial charge >= 0.3 is 0 Å². The number of aliphatic imine (C=N–C) groups is 1. The van der Waals surface area contributed by atoms with Gasteiger partial charge in [-0.05, 0) is 78.3 Å². The Labute approximate surface area is 219 Å². The van der Waals surface area contributed by atoms with Gasteiger partial charge < -0.3 is 16.4 Å². The summed E-state index contributed by atoms with van der Waals surface area (Å²) >= 11 is 0. The van der Waals surface area contributed by atoms with E-state index in [-0.39, 0.29) is 23.8 Å². The number of guanidine groups is 1. The number of rotatable bonds is 6. The summed E-state index contributed by atoms with van der Waals surface area (Å²) in [7, 11) is 0. The molecule has 1 fully saturated rings. The maximum Gasteiger partial charge on any atom is 0.254 e. The molecule has 1 saturated carbocycles. The lowest BCUT2D eigenvalue weighted by Gasteiger charge is -2.50. The van der Waals surface area contributed by atoms with Crippen molar-refractivity contribution in [1.82, 2.24) is 4.90 Å². The Balaban J connectivity index is 1.31. The van der Waals surface area contributed by atoms with Crippen LogP contribution in [0.15, 0.2) is 83.9 Å². The second kappa shape index (κ2) is 10.0. The smallest absolute Gasteiger partial charge is 0.254 e. The van der Waals surface area contributed by atoms with Gasteiger partial charge in [-0.1, -0.05) is 66.7 Å². The number of hydrogen-bond donors (Lipinski definition) is 2. The molecule has 0 radical (unpaired) electrons. The number of hydrogen-bond acceptors (Lipinski definition) is 2. The van der Waals surface area contributed by atoms with E-state index in [0.29, 0.717) is 24.3 Å². The standard InChI is InChI=1S/C32H36N4O/c33-32(34)35-19-21-14-16-22(17-15-21)20-36(31(37)23-8-2-1-3-9-23)29-18-28-24-10-4-6-12-26(24)30(29)27-13-7-5-11-25(27)28/h1-13,21-22,28-30H,14-20H2,(H4,33,34,35). The summed E-state index contributed by atoms with van der Waals surface area (Å²) in [4.78, 5) is 20.6. The number of fused-ring (bicyclic) bond motifs is 1. The molecule has 4 aliphatic rings. The highest BCUT2D eigenvalue weighted by molar-refractivity contribution is 5.94. The van der Waals surface area contributed by atoms with Crippen LogP contribution in [0.2, 0.25) is 0 Å². The lowest BCUT2D eigenvalue weighted by molar-refractivity contribution is 0.0551. The first-order valence-electron chi connectivity index (χ1n) is 13.7. The van der Waals surface area contributed by atoms with Crippen molar-refractivity contribution in [3.8, 4) is 0 Å². The monoisotopic (exact) mass is 492 g/mol. The van der Waals surface area contributed by atoms with Gasteiger partial charge in [-0.25, -0.2) is 0 Å². The van der Waals surface area contributed by atoms with E-state index in [2.05, 4.69) is 58.4 Å². The number of amides is 1. The number of nitrogens with two attached hydrogens (primary N) is 2. The second-order valence-corrected chi connectivity index (χ2v) is 11.1. The zero-order valence-electron chi connectivity index (χ0n) is 21.3. The third-order valence-corrected chi connectivity index (χ3v) is 8.91. The number of benzene rings is 3. The highest BCUT2D eigenvalue weighted by atomic mass is 16.2. The summed E-state index contributed by atoms with van der Waals surface area (Å²) in [6.45, 7) is 1.52. The van der Waals surface area contributed by atoms with E-state index in [4.69, 9.17) is 11.5 Å². The molecule has 0 heterocycles. The SMILES string of the molecule is NC(N)=NCC1CCC(CN(C(=O)c2ccccc2)C2CC3c4ccccc4C2c2ccccc23)CC1. The molecule has 37 heavy (non-hydrogen) atoms. The molecule has 3 aromatic rings. The zero-order chi connectivity index (χ0) is 25.4. The van der Waals surface area contributed by atoms with Gasteiger partial charge in [0.05, 0.1) is 0 Å². The Morgan fingerprint density at radius 1 is 0.757 bits per heavy atom. The maximum absolute atomic E-state index is 14.1. The summed E-state index contributed by atoms with van der Waals surface area (Å²) in [5.41, 5.74) is 17.6. The van der Waals surface area contributed by atoms with Crippen molar-refractivity contribution in [2.45, 2.75) is 50.0 Å². The fourth-order valence-electron chi connectivity index (χ4n) is 7.14. The normalized spacial score (nSPS) is 25.6. The topological polar surface area (TPSA) is 84.7 Å². The van der Waals surface area contributed by atoms with Crippen molar-refractivity contribution in [3.05, 3.63) is 107 Å². The van der Waals surface area contributed by atoms with Gasteiger partial charge in [-0.2, -0.15) is 0 Å². The van der Waals surface area contributed by atoms with Crippen LogP contribution in [-0.4, -0.2) is 35.9 Å². The van der Waals surface area contributed by atoms with Crippen LogP contribution in [0.3, 0.4) is 0 Å². The largest absolute Gasteiger partial charge is 0.370 e. The van der Waals surface area contributed by atoms with Crippen molar-refractivity contribution >= 4 is 11.9 Å². The molecule has 4 aliphatic carbocycles. The fraction of sp³-hybridized carbons (Fsp3) is 0.375. The van der Waals surface area contributed by atoms with Gasteiger partial charge in [0.2, 0.25) is 0 Å². The van der Waals surface area contributed by atoms with Crippen molar-refractivity contribution in [1.29, 1.82) is 0 Å². The molecular weight excluding hydrogens is 456 g/mol. The van der Waals surface area contributed by atoms with Gasteiger partial charge in [0, 0.05) is 36.5 Å². The average molecular weight is 493 g/mol. The highest BCUT2D eigenvalue weighted by Gasteiger charge is 2.47. The van der Waals surface area contributed by atoms with Crippen molar-refractivity contribution in [2.75, 3.05) is 13.1 Å². The molecule has 5 nitrogen and oxygen atoms in total. The Hall–Kier alpha value is -3.60. The Kier molecular flexibility index (Phi) is 6.45. The third kappa shape index (κ3) is 4.52. The molecule has 1 atom stereocenters. The van der Waals surface area contributed by atoms with E-state index in [1.807, 2.05) is 30.3 Å². The Morgan fingerprint density at radius 3 is 1.89 bits per heavy atom. The average Bonchev–Trinajstić information content (AvgIpc) is 2.95. The number of nitrogens with zero attached hydrogens (tertiary/aromatic N) is 2. The molecule has 4 N–H and O–H groups in total. The van der Waals surface area contributed by atoms with Crippen molar-refractivity contribution in [3.63, 3.8) is 0 Å². The van der Waals surface area contributed by atoms with Crippen LogP contribution >= 0.6 is 0 Å². The van der Waals surface area contributed by atoms with Gasteiger partial charge in [0.25, 0.3) is 5.91 Å². The van der Waals surface area contributed by atoms with E-state index in [9.17, 15) is 4.79 Å². The molecule has 0 aliphatic heterocycles. The van der Waals surface area contributed by atoms with Gasteiger partial charge in [0.15, 0.2) is 5.96 Å². The predicted octanol–water partition coefficient (Wildman–Crippen LogP) is 5.26. The van der Waals surface area contributed by atoms with Crippen LogP contribution in [0.4, 0.5) is 0 Å². The summed E-state index contributed by atoms with van der Waals surface area (Å²) in [6.07, 6.45) is 5.42. The first kappa shape index (κ1) is 23.8. The first-order chi connectivity index (χ1) is 18.1. The fourth-order valence-corrected chi connectivity index (χ4v) is 7.14. The lowest BCUT2D eigenvalue weighted by atomic mass is 9.61. The molecule has 7 rings (SSSR count). The predicted molar refractivity (Wildman–Crippen MR) is 149 cm³/mol. The van der Waals surface area contributed by atoms with E-state index in [0.717, 1.165) is 44.2 Å². The zero-order valence-corrected chi connectivity index (χ0v) is 21.3. The highest BCUT2D eigenvalue weighted by Crippen LogP contribution is 2.54. The van der Waals surface area contributed by atoms with E-state index in [1.165, 1.54) is 22.3 Å². The molecule has 190 valence electrons. The number of carbonyl (C=O) groups is 1. The Morgan fingerprint density at radius 2 is 1.30 bits per heavy atom. The molecule has 0 spiro atoms. The van der Waals surface area contributed by atoms with E-state index < -0.39 is 0 Å². The molecule has 1 unspecified atom stereocenters. The summed E-state index contributed by atoms with van der Waals surface area (Å²) < 4.78 is 0. The molecule has 1 amide bonds. The molecule has 5 heteroatoms. The summed E-state index contributed by atoms with van der Waals surface area (Å²) in [5, 5.41) is 0. The number of carbonyl (C=O) groups excluding carboxylic acids is 1. The molecule has 2 bridgehead atoms. The van der Waals surface area contributed by atoms with Crippen LogP contribution < -0.4 is 11.5 Å². The van der Waals surface area contributed by atoms with Crippen LogP contribution in [0.1, 0.15) is 76.6 Å². The van der Waals surface area contributed by atoms with Gasteiger partial charge in [-0.3, -0.25) is 9.79 Å². The molecular formula is C32H36N4O. The van der Waals surface area contributed by atoms with E-state index in [1.54, 1.807) is 0 Å². The van der Waals surface area contributed by atoms with Gasteiger partial charge in [0.1, 0.15) is 0 Å². The minimum Gasteiger partial charge on any atom is -0.370 e. The molecule has 0 saturated heterocycles. The second-order valence-electron chi connectivity index (χ2n) is 11.1. The third-order valence-electron chi connectivity index (χ3n) is 8.91. The minimum atomic E-state index is 0.155.